The minimum Gasteiger partial charge on any atom is -0.488 e. The number of hydrogen-bond donors (Lipinski definition) is 0. The molecule has 0 atom stereocenters. The number of hydrogen-bond acceptors (Lipinski definition) is 5. The molecular weight excluding hydrogens is 438 g/mol. The molecule has 0 saturated carbocycles. The van der Waals surface area contributed by atoms with Crippen LogP contribution in [0.2, 0.25) is 0 Å². The van der Waals surface area contributed by atoms with Gasteiger partial charge in [0.05, 0.1) is 4.90 Å². The van der Waals surface area contributed by atoms with E-state index in [2.05, 4.69) is 4.98 Å². The summed E-state index contributed by atoms with van der Waals surface area (Å²) in [5, 5.41) is 1.04. The van der Waals surface area contributed by atoms with Crippen LogP contribution in [-0.2, 0) is 10.0 Å². The lowest BCUT2D eigenvalue weighted by atomic mass is 10.1. The van der Waals surface area contributed by atoms with Crippen LogP contribution in [0.25, 0.3) is 10.9 Å². The van der Waals surface area contributed by atoms with Gasteiger partial charge in [-0.2, -0.15) is 4.31 Å². The molecule has 172 valence electrons. The number of rotatable bonds is 5. The van der Waals surface area contributed by atoms with Gasteiger partial charge >= 0.3 is 0 Å². The number of carbonyl (C=O) groups is 1. The largest absolute Gasteiger partial charge is 0.488 e. The number of pyridine rings is 1. The third kappa shape index (κ3) is 4.45. The Balaban J connectivity index is 1.21. The summed E-state index contributed by atoms with van der Waals surface area (Å²) in [4.78, 5) is 19.5. The van der Waals surface area contributed by atoms with Crippen molar-refractivity contribution in [1.82, 2.24) is 14.2 Å². The molecule has 0 radical (unpaired) electrons. The fourth-order valence-electron chi connectivity index (χ4n) is 4.56. The molecule has 0 N–H and O–H groups in total. The first-order chi connectivity index (χ1) is 16.0. The van der Waals surface area contributed by atoms with Gasteiger partial charge in [0.15, 0.2) is 0 Å². The van der Waals surface area contributed by atoms with E-state index in [1.807, 2.05) is 35.2 Å². The van der Waals surface area contributed by atoms with Crippen molar-refractivity contribution in [1.29, 1.82) is 0 Å². The third-order valence-electron chi connectivity index (χ3n) is 6.42. The number of benzene rings is 2. The minimum absolute atomic E-state index is 0.0228. The average molecular weight is 466 g/mol. The molecule has 1 aromatic heterocycles. The molecule has 0 aliphatic carbocycles. The van der Waals surface area contributed by atoms with Gasteiger partial charge in [-0.05, 0) is 49.2 Å². The summed E-state index contributed by atoms with van der Waals surface area (Å²) in [6.45, 7) is 2.31. The van der Waals surface area contributed by atoms with Crippen molar-refractivity contribution < 1.29 is 17.9 Å². The summed E-state index contributed by atoms with van der Waals surface area (Å²) in [5.74, 6) is 0.693. The number of para-hydroxylation sites is 1. The summed E-state index contributed by atoms with van der Waals surface area (Å²) in [5.41, 5.74) is 1.36. The van der Waals surface area contributed by atoms with Gasteiger partial charge < -0.3 is 9.64 Å². The van der Waals surface area contributed by atoms with Crippen LogP contribution in [0.5, 0.6) is 5.75 Å². The van der Waals surface area contributed by atoms with Gasteiger partial charge in [0.2, 0.25) is 10.0 Å². The highest BCUT2D eigenvalue weighted by Gasteiger charge is 2.28. The maximum Gasteiger partial charge on any atom is 0.253 e. The van der Waals surface area contributed by atoms with Gasteiger partial charge in [-0.25, -0.2) is 8.42 Å². The predicted molar refractivity (Wildman–Crippen MR) is 126 cm³/mol. The number of ether oxygens (including phenoxy) is 1. The summed E-state index contributed by atoms with van der Waals surface area (Å²) in [6, 6.07) is 16.2. The third-order valence-corrected chi connectivity index (χ3v) is 8.34. The van der Waals surface area contributed by atoms with Crippen LogP contribution < -0.4 is 4.74 Å². The van der Waals surface area contributed by atoms with Gasteiger partial charge in [-0.3, -0.25) is 9.78 Å². The molecule has 0 unspecified atom stereocenters. The molecule has 33 heavy (non-hydrogen) atoms. The second kappa shape index (κ2) is 9.11. The van der Waals surface area contributed by atoms with E-state index in [0.29, 0.717) is 31.7 Å². The fourth-order valence-corrected chi connectivity index (χ4v) is 6.07. The number of likely N-dealkylation sites (tertiary alicyclic amines) is 1. The molecule has 1 amide bonds. The highest BCUT2D eigenvalue weighted by atomic mass is 32.2. The number of aromatic nitrogens is 1. The number of piperidine rings is 1. The summed E-state index contributed by atoms with van der Waals surface area (Å²) in [7, 11) is -3.47. The Labute approximate surface area is 194 Å². The van der Waals surface area contributed by atoms with Crippen LogP contribution in [0.4, 0.5) is 0 Å². The molecule has 2 saturated heterocycles. The topological polar surface area (TPSA) is 79.8 Å². The summed E-state index contributed by atoms with van der Waals surface area (Å²) in [6.07, 6.45) is 5.04. The van der Waals surface area contributed by atoms with Crippen LogP contribution in [0.15, 0.2) is 65.7 Å². The van der Waals surface area contributed by atoms with Crippen molar-refractivity contribution in [2.45, 2.75) is 36.7 Å². The van der Waals surface area contributed by atoms with Gasteiger partial charge in [0.1, 0.15) is 17.4 Å². The molecule has 3 aromatic rings. The zero-order chi connectivity index (χ0) is 22.8. The zero-order valence-electron chi connectivity index (χ0n) is 18.4. The van der Waals surface area contributed by atoms with Crippen LogP contribution in [0, 0.1) is 0 Å². The molecule has 3 heterocycles. The Hall–Kier alpha value is -2.97. The Morgan fingerprint density at radius 1 is 0.909 bits per heavy atom. The van der Waals surface area contributed by atoms with Crippen LogP contribution in [0.3, 0.4) is 0 Å². The van der Waals surface area contributed by atoms with E-state index < -0.39 is 10.0 Å². The van der Waals surface area contributed by atoms with Gasteiger partial charge in [0, 0.05) is 56.2 Å². The number of sulfonamides is 1. The van der Waals surface area contributed by atoms with E-state index in [4.69, 9.17) is 4.74 Å². The molecule has 2 aromatic carbocycles. The summed E-state index contributed by atoms with van der Waals surface area (Å²) >= 11 is 0. The first-order valence-electron chi connectivity index (χ1n) is 11.4. The lowest BCUT2D eigenvalue weighted by molar-refractivity contribution is 0.0597. The second-order valence-corrected chi connectivity index (χ2v) is 10.5. The quantitative estimate of drug-likeness (QED) is 0.574. The zero-order valence-corrected chi connectivity index (χ0v) is 19.2. The molecule has 2 aliphatic heterocycles. The average Bonchev–Trinajstić information content (AvgIpc) is 3.41. The standard InChI is InChI=1S/C25H27N3O4S/c29-25(20-8-10-22(11-9-20)33(30,31)28-15-1-2-16-28)27-17-12-21(13-18-27)32-23-7-3-5-19-6-4-14-26-24(19)23/h3-11,14,21H,1-2,12-13,15-18H2. The smallest absolute Gasteiger partial charge is 0.253 e. The maximum atomic E-state index is 13.0. The predicted octanol–water partition coefficient (Wildman–Crippen LogP) is 3.70. The van der Waals surface area contributed by atoms with Crippen LogP contribution in [0.1, 0.15) is 36.0 Å². The highest BCUT2D eigenvalue weighted by molar-refractivity contribution is 7.89. The molecule has 2 fully saturated rings. The van der Waals surface area contributed by atoms with E-state index in [1.54, 1.807) is 30.5 Å². The molecule has 0 bridgehead atoms. The van der Waals surface area contributed by atoms with Crippen molar-refractivity contribution in [3.63, 3.8) is 0 Å². The van der Waals surface area contributed by atoms with Crippen molar-refractivity contribution >= 4 is 26.8 Å². The Bertz CT molecular complexity index is 1240. The SMILES string of the molecule is O=C(c1ccc(S(=O)(=O)N2CCCC2)cc1)N1CCC(Oc2cccc3cccnc23)CC1. The van der Waals surface area contributed by atoms with Gasteiger partial charge in [-0.15, -0.1) is 0 Å². The van der Waals surface area contributed by atoms with Crippen LogP contribution >= 0.6 is 0 Å². The Morgan fingerprint density at radius 2 is 1.61 bits per heavy atom. The maximum absolute atomic E-state index is 13.0. The highest BCUT2D eigenvalue weighted by Crippen LogP contribution is 2.27. The van der Waals surface area contributed by atoms with E-state index in [0.717, 1.165) is 42.3 Å². The summed E-state index contributed by atoms with van der Waals surface area (Å²) < 4.78 is 33.1. The van der Waals surface area contributed by atoms with Crippen molar-refractivity contribution in [3.05, 3.63) is 66.4 Å². The number of fused-ring (bicyclic) bond motifs is 1. The van der Waals surface area contributed by atoms with Gasteiger partial charge in [-0.1, -0.05) is 18.2 Å². The number of carbonyl (C=O) groups excluding carboxylic acids is 1. The molecule has 0 spiro atoms. The van der Waals surface area contributed by atoms with E-state index in [1.165, 1.54) is 4.31 Å². The normalized spacial score (nSPS) is 18.0. The van der Waals surface area contributed by atoms with Crippen molar-refractivity contribution in [3.8, 4) is 5.75 Å². The van der Waals surface area contributed by atoms with Gasteiger partial charge in [0.25, 0.3) is 5.91 Å². The molecular formula is C25H27N3O4S. The van der Waals surface area contributed by atoms with E-state index in [-0.39, 0.29) is 16.9 Å². The van der Waals surface area contributed by atoms with Crippen molar-refractivity contribution in [2.75, 3.05) is 26.2 Å². The minimum atomic E-state index is -3.47. The molecule has 2 aliphatic rings. The second-order valence-electron chi connectivity index (χ2n) is 8.58. The monoisotopic (exact) mass is 465 g/mol. The number of amides is 1. The van der Waals surface area contributed by atoms with Crippen molar-refractivity contribution in [2.24, 2.45) is 0 Å². The lowest BCUT2D eigenvalue weighted by Gasteiger charge is -2.32. The van der Waals surface area contributed by atoms with Crippen LogP contribution in [-0.4, -0.2) is 60.8 Å². The fraction of sp³-hybridized carbons (Fsp3) is 0.360. The number of nitrogens with zero attached hydrogens (tertiary/aromatic N) is 3. The van der Waals surface area contributed by atoms with E-state index >= 15 is 0 Å². The first-order valence-corrected chi connectivity index (χ1v) is 12.9. The Morgan fingerprint density at radius 3 is 2.33 bits per heavy atom. The molecule has 7 nitrogen and oxygen atoms in total. The Kier molecular flexibility index (Phi) is 6.03. The lowest BCUT2D eigenvalue weighted by Crippen LogP contribution is -2.41. The first kappa shape index (κ1) is 21.9. The molecule has 5 rings (SSSR count). The van der Waals surface area contributed by atoms with E-state index in [9.17, 15) is 13.2 Å². The molecule has 8 heteroatoms.